The Kier molecular flexibility index (Phi) is 3.06. The van der Waals surface area contributed by atoms with Gasteiger partial charge < -0.3 is 10.7 Å². The van der Waals surface area contributed by atoms with E-state index < -0.39 is 0 Å². The van der Waals surface area contributed by atoms with Crippen molar-refractivity contribution in [3.63, 3.8) is 0 Å². The third kappa shape index (κ3) is 2.42. The monoisotopic (exact) mass is 229 g/mol. The van der Waals surface area contributed by atoms with Crippen LogP contribution in [0.3, 0.4) is 0 Å². The number of aromatic amines is 1. The lowest BCUT2D eigenvalue weighted by Crippen LogP contribution is -2.16. The van der Waals surface area contributed by atoms with Gasteiger partial charge in [0.2, 0.25) is 0 Å². The quantitative estimate of drug-likeness (QED) is 0.824. The van der Waals surface area contributed by atoms with Gasteiger partial charge in [0.1, 0.15) is 5.82 Å². The van der Waals surface area contributed by atoms with Gasteiger partial charge in [-0.05, 0) is 19.4 Å². The van der Waals surface area contributed by atoms with Crippen molar-refractivity contribution in [2.75, 3.05) is 0 Å². The Hall–Kier alpha value is -1.94. The number of hydrogen-bond donors (Lipinski definition) is 2. The minimum Gasteiger partial charge on any atom is -0.323 e. The molecular weight excluding hydrogens is 214 g/mol. The van der Waals surface area contributed by atoms with Crippen molar-refractivity contribution in [1.29, 1.82) is 0 Å². The zero-order valence-electron chi connectivity index (χ0n) is 9.90. The molecule has 0 fully saturated rings. The normalized spacial score (nSPS) is 12.4. The third-order valence-electron chi connectivity index (χ3n) is 2.63. The fraction of sp³-hybridized carbons (Fsp3) is 0.231. The molecule has 1 unspecified atom stereocenters. The van der Waals surface area contributed by atoms with E-state index in [1.807, 2.05) is 38.1 Å². The Bertz CT molecular complexity index is 587. The first-order valence-corrected chi connectivity index (χ1v) is 5.51. The zero-order chi connectivity index (χ0) is 12.4. The molecule has 1 atom stereocenters. The second-order valence-electron chi connectivity index (χ2n) is 4.12. The number of nitrogens with two attached hydrogens (primary N) is 1. The number of rotatable bonds is 2. The SMILES string of the molecule is Cc1ccccc1-c1nc(C(C)N)cc(=O)[nH]1. The van der Waals surface area contributed by atoms with E-state index in [1.165, 1.54) is 6.07 Å². The van der Waals surface area contributed by atoms with Crippen LogP contribution in [0.25, 0.3) is 11.4 Å². The molecule has 0 amide bonds. The van der Waals surface area contributed by atoms with Gasteiger partial charge in [-0.2, -0.15) is 0 Å². The van der Waals surface area contributed by atoms with Gasteiger partial charge in [0.15, 0.2) is 0 Å². The first kappa shape index (κ1) is 11.5. The van der Waals surface area contributed by atoms with Crippen molar-refractivity contribution < 1.29 is 0 Å². The lowest BCUT2D eigenvalue weighted by Gasteiger charge is -2.08. The molecule has 2 rings (SSSR count). The highest BCUT2D eigenvalue weighted by atomic mass is 16.1. The van der Waals surface area contributed by atoms with Crippen LogP contribution in [-0.2, 0) is 0 Å². The standard InChI is InChI=1S/C13H15N3O/c1-8-5-3-4-6-10(8)13-15-11(9(2)14)7-12(17)16-13/h3-7,9H,14H2,1-2H3,(H,15,16,17). The fourth-order valence-electron chi connectivity index (χ4n) is 1.68. The molecule has 0 aliphatic carbocycles. The highest BCUT2D eigenvalue weighted by Gasteiger charge is 2.08. The van der Waals surface area contributed by atoms with Crippen LogP contribution in [0.2, 0.25) is 0 Å². The van der Waals surface area contributed by atoms with Gasteiger partial charge in [0, 0.05) is 17.7 Å². The van der Waals surface area contributed by atoms with Crippen molar-refractivity contribution >= 4 is 0 Å². The van der Waals surface area contributed by atoms with E-state index in [2.05, 4.69) is 9.97 Å². The first-order chi connectivity index (χ1) is 8.08. The molecule has 0 aliphatic rings. The van der Waals surface area contributed by atoms with Crippen LogP contribution >= 0.6 is 0 Å². The van der Waals surface area contributed by atoms with Gasteiger partial charge in [0.25, 0.3) is 5.56 Å². The summed E-state index contributed by atoms with van der Waals surface area (Å²) in [7, 11) is 0. The zero-order valence-corrected chi connectivity index (χ0v) is 9.90. The van der Waals surface area contributed by atoms with Crippen LogP contribution in [-0.4, -0.2) is 9.97 Å². The van der Waals surface area contributed by atoms with E-state index in [0.717, 1.165) is 11.1 Å². The molecule has 88 valence electrons. The highest BCUT2D eigenvalue weighted by Crippen LogP contribution is 2.18. The smallest absolute Gasteiger partial charge is 0.251 e. The fourth-order valence-corrected chi connectivity index (χ4v) is 1.68. The number of nitrogens with one attached hydrogen (secondary N) is 1. The summed E-state index contributed by atoms with van der Waals surface area (Å²) in [6, 6.07) is 8.96. The predicted molar refractivity (Wildman–Crippen MR) is 67.6 cm³/mol. The maximum atomic E-state index is 11.5. The van der Waals surface area contributed by atoms with E-state index in [9.17, 15) is 4.79 Å². The molecule has 0 saturated carbocycles. The number of benzene rings is 1. The summed E-state index contributed by atoms with van der Waals surface area (Å²) < 4.78 is 0. The number of hydrogen-bond acceptors (Lipinski definition) is 3. The van der Waals surface area contributed by atoms with E-state index in [0.29, 0.717) is 11.5 Å². The van der Waals surface area contributed by atoms with Crippen molar-refractivity contribution in [3.05, 3.63) is 51.9 Å². The van der Waals surface area contributed by atoms with E-state index in [1.54, 1.807) is 0 Å². The Balaban J connectivity index is 2.60. The van der Waals surface area contributed by atoms with Crippen molar-refractivity contribution in [3.8, 4) is 11.4 Å². The van der Waals surface area contributed by atoms with Crippen molar-refractivity contribution in [1.82, 2.24) is 9.97 Å². The van der Waals surface area contributed by atoms with Gasteiger partial charge in [0.05, 0.1) is 5.69 Å². The summed E-state index contributed by atoms with van der Waals surface area (Å²) in [5.74, 6) is 0.572. The summed E-state index contributed by atoms with van der Waals surface area (Å²) >= 11 is 0. The number of aromatic nitrogens is 2. The molecule has 0 spiro atoms. The van der Waals surface area contributed by atoms with E-state index in [4.69, 9.17) is 5.73 Å². The molecule has 3 N–H and O–H groups in total. The minimum atomic E-state index is -0.250. The lowest BCUT2D eigenvalue weighted by atomic mass is 10.1. The summed E-state index contributed by atoms with van der Waals surface area (Å²) in [5, 5.41) is 0. The molecule has 1 aromatic heterocycles. The predicted octanol–water partition coefficient (Wildman–Crippen LogP) is 1.77. The molecule has 2 aromatic rings. The molecule has 0 saturated heterocycles. The van der Waals surface area contributed by atoms with Gasteiger partial charge in [-0.15, -0.1) is 0 Å². The summed E-state index contributed by atoms with van der Waals surface area (Å²) in [6.07, 6.45) is 0. The van der Waals surface area contributed by atoms with Crippen molar-refractivity contribution in [2.24, 2.45) is 5.73 Å². The van der Waals surface area contributed by atoms with Crippen LogP contribution < -0.4 is 11.3 Å². The van der Waals surface area contributed by atoms with Gasteiger partial charge in [-0.3, -0.25) is 4.79 Å². The molecule has 0 bridgehead atoms. The molecule has 1 aromatic carbocycles. The summed E-state index contributed by atoms with van der Waals surface area (Å²) in [4.78, 5) is 18.7. The minimum absolute atomic E-state index is 0.175. The number of aryl methyl sites for hydroxylation is 1. The van der Waals surface area contributed by atoms with Crippen LogP contribution in [0, 0.1) is 6.92 Å². The average molecular weight is 229 g/mol. The Morgan fingerprint density at radius 1 is 1.35 bits per heavy atom. The van der Waals surface area contributed by atoms with E-state index >= 15 is 0 Å². The molecule has 0 radical (unpaired) electrons. The molecule has 17 heavy (non-hydrogen) atoms. The number of H-pyrrole nitrogens is 1. The average Bonchev–Trinajstić information content (AvgIpc) is 2.28. The highest BCUT2D eigenvalue weighted by molar-refractivity contribution is 5.59. The first-order valence-electron chi connectivity index (χ1n) is 5.51. The molecule has 1 heterocycles. The molecular formula is C13H15N3O. The molecule has 4 nitrogen and oxygen atoms in total. The maximum Gasteiger partial charge on any atom is 0.251 e. The van der Waals surface area contributed by atoms with Crippen molar-refractivity contribution in [2.45, 2.75) is 19.9 Å². The van der Waals surface area contributed by atoms with Gasteiger partial charge in [-0.1, -0.05) is 24.3 Å². The van der Waals surface area contributed by atoms with Crippen LogP contribution in [0.15, 0.2) is 35.1 Å². The molecule has 4 heteroatoms. The van der Waals surface area contributed by atoms with Crippen LogP contribution in [0.1, 0.15) is 24.2 Å². The topological polar surface area (TPSA) is 71.8 Å². The van der Waals surface area contributed by atoms with Gasteiger partial charge in [-0.25, -0.2) is 4.98 Å². The second-order valence-corrected chi connectivity index (χ2v) is 4.12. The maximum absolute atomic E-state index is 11.5. The summed E-state index contributed by atoms with van der Waals surface area (Å²) in [5.41, 5.74) is 8.17. The van der Waals surface area contributed by atoms with Crippen LogP contribution in [0.4, 0.5) is 0 Å². The van der Waals surface area contributed by atoms with Gasteiger partial charge >= 0.3 is 0 Å². The van der Waals surface area contributed by atoms with E-state index in [-0.39, 0.29) is 11.6 Å². The lowest BCUT2D eigenvalue weighted by molar-refractivity contribution is 0.773. The molecule has 0 aliphatic heterocycles. The third-order valence-corrected chi connectivity index (χ3v) is 2.63. The Morgan fingerprint density at radius 3 is 2.71 bits per heavy atom. The Labute approximate surface area is 99.5 Å². The largest absolute Gasteiger partial charge is 0.323 e. The van der Waals surface area contributed by atoms with Crippen LogP contribution in [0.5, 0.6) is 0 Å². The number of nitrogens with zero attached hydrogens (tertiary/aromatic N) is 1. The summed E-state index contributed by atoms with van der Waals surface area (Å²) in [6.45, 7) is 3.79. The Morgan fingerprint density at radius 2 is 2.06 bits per heavy atom. The second kappa shape index (κ2) is 4.51.